The smallest absolute Gasteiger partial charge is 0.410 e. The molecule has 1 heterocycles. The molecule has 1 atom stereocenters. The van der Waals surface area contributed by atoms with E-state index in [1.165, 1.54) is 22.4 Å². The predicted octanol–water partition coefficient (Wildman–Crippen LogP) is 3.92. The number of hydrogen-bond donors (Lipinski definition) is 0. The Balaban J connectivity index is 1.33. The maximum absolute atomic E-state index is 12.6. The summed E-state index contributed by atoms with van der Waals surface area (Å²) in [5.74, 6) is 0.756. The van der Waals surface area contributed by atoms with Crippen LogP contribution in [0, 0.1) is 0 Å². The van der Waals surface area contributed by atoms with Crippen molar-refractivity contribution in [3.05, 3.63) is 65.2 Å². The highest BCUT2D eigenvalue weighted by Crippen LogP contribution is 2.31. The Morgan fingerprint density at radius 3 is 2.68 bits per heavy atom. The Kier molecular flexibility index (Phi) is 5.60. The van der Waals surface area contributed by atoms with Crippen molar-refractivity contribution in [3.63, 3.8) is 0 Å². The molecule has 4 rings (SSSR count). The van der Waals surface area contributed by atoms with Gasteiger partial charge in [-0.3, -0.25) is 4.79 Å². The van der Waals surface area contributed by atoms with Crippen LogP contribution in [0.3, 0.4) is 0 Å². The van der Waals surface area contributed by atoms with Crippen LogP contribution in [-0.2, 0) is 29.0 Å². The number of ether oxygens (including phenoxy) is 2. The number of carbonyl (C=O) groups is 2. The zero-order valence-electron chi connectivity index (χ0n) is 15.9. The maximum atomic E-state index is 12.6. The summed E-state index contributed by atoms with van der Waals surface area (Å²) in [7, 11) is 0. The number of hydrogen-bond acceptors (Lipinski definition) is 4. The van der Waals surface area contributed by atoms with Crippen molar-refractivity contribution < 1.29 is 19.1 Å². The van der Waals surface area contributed by atoms with Gasteiger partial charge in [-0.05, 0) is 48.4 Å². The summed E-state index contributed by atoms with van der Waals surface area (Å²) in [6.07, 6.45) is 3.99. The van der Waals surface area contributed by atoms with Crippen molar-refractivity contribution in [2.75, 3.05) is 13.1 Å². The number of benzene rings is 2. The van der Waals surface area contributed by atoms with E-state index < -0.39 is 12.2 Å². The van der Waals surface area contributed by atoms with Crippen molar-refractivity contribution in [2.24, 2.45) is 0 Å². The number of rotatable bonds is 4. The molecule has 0 radical (unpaired) electrons. The molecule has 1 saturated heterocycles. The lowest BCUT2D eigenvalue weighted by Gasteiger charge is -2.31. The average molecular weight is 379 g/mol. The van der Waals surface area contributed by atoms with Crippen LogP contribution in [-0.4, -0.2) is 36.0 Å². The maximum Gasteiger partial charge on any atom is 0.410 e. The summed E-state index contributed by atoms with van der Waals surface area (Å²) in [5, 5.41) is 0. The SMILES string of the molecule is O=C1CN(C(=O)OCc2ccccc2)CCC1Oc1cccc2c1CCCC2. The second-order valence-corrected chi connectivity index (χ2v) is 7.42. The molecule has 0 saturated carbocycles. The highest BCUT2D eigenvalue weighted by Gasteiger charge is 2.32. The molecule has 1 aliphatic carbocycles. The van der Waals surface area contributed by atoms with Crippen molar-refractivity contribution >= 4 is 11.9 Å². The van der Waals surface area contributed by atoms with Gasteiger partial charge in [0.1, 0.15) is 12.4 Å². The van der Waals surface area contributed by atoms with E-state index in [1.54, 1.807) is 0 Å². The predicted molar refractivity (Wildman–Crippen MR) is 105 cm³/mol. The first kappa shape index (κ1) is 18.5. The van der Waals surface area contributed by atoms with E-state index in [4.69, 9.17) is 9.47 Å². The normalized spacial score (nSPS) is 19.1. The van der Waals surface area contributed by atoms with Gasteiger partial charge in [0, 0.05) is 13.0 Å². The van der Waals surface area contributed by atoms with E-state index in [1.807, 2.05) is 42.5 Å². The van der Waals surface area contributed by atoms with Crippen LogP contribution in [0.1, 0.15) is 36.0 Å². The quantitative estimate of drug-likeness (QED) is 0.808. The molecule has 0 bridgehead atoms. The minimum Gasteiger partial charge on any atom is -0.482 e. The summed E-state index contributed by atoms with van der Waals surface area (Å²) in [6, 6.07) is 15.6. The second-order valence-electron chi connectivity index (χ2n) is 7.42. The lowest BCUT2D eigenvalue weighted by atomic mass is 9.91. The number of carbonyl (C=O) groups excluding carboxylic acids is 2. The van der Waals surface area contributed by atoms with E-state index >= 15 is 0 Å². The van der Waals surface area contributed by atoms with Gasteiger partial charge in [0.15, 0.2) is 11.9 Å². The molecule has 1 fully saturated rings. The molecule has 1 aliphatic heterocycles. The first-order valence-corrected chi connectivity index (χ1v) is 9.96. The van der Waals surface area contributed by atoms with Gasteiger partial charge in [0.05, 0.1) is 6.54 Å². The first-order chi connectivity index (χ1) is 13.7. The molecule has 146 valence electrons. The highest BCUT2D eigenvalue weighted by molar-refractivity contribution is 5.89. The van der Waals surface area contributed by atoms with Gasteiger partial charge in [-0.25, -0.2) is 4.79 Å². The van der Waals surface area contributed by atoms with E-state index in [9.17, 15) is 9.59 Å². The lowest BCUT2D eigenvalue weighted by molar-refractivity contribution is -0.129. The van der Waals surface area contributed by atoms with Crippen LogP contribution in [0.15, 0.2) is 48.5 Å². The third-order valence-corrected chi connectivity index (χ3v) is 5.45. The fourth-order valence-corrected chi connectivity index (χ4v) is 3.90. The fraction of sp³-hybridized carbons (Fsp3) is 0.391. The zero-order valence-corrected chi connectivity index (χ0v) is 15.9. The van der Waals surface area contributed by atoms with Gasteiger partial charge in [0.2, 0.25) is 0 Å². The molecule has 28 heavy (non-hydrogen) atoms. The van der Waals surface area contributed by atoms with Crippen LogP contribution < -0.4 is 4.74 Å². The lowest BCUT2D eigenvalue weighted by Crippen LogP contribution is -2.48. The Morgan fingerprint density at radius 1 is 1.04 bits per heavy atom. The third kappa shape index (κ3) is 4.19. The van der Waals surface area contributed by atoms with Crippen molar-refractivity contribution in [3.8, 4) is 5.75 Å². The van der Waals surface area contributed by atoms with Crippen LogP contribution in [0.4, 0.5) is 4.79 Å². The second kappa shape index (κ2) is 8.46. The Hall–Kier alpha value is -2.82. The molecule has 0 N–H and O–H groups in total. The van der Waals surface area contributed by atoms with Crippen LogP contribution in [0.2, 0.25) is 0 Å². The van der Waals surface area contributed by atoms with Gasteiger partial charge >= 0.3 is 6.09 Å². The van der Waals surface area contributed by atoms with Gasteiger partial charge in [-0.15, -0.1) is 0 Å². The van der Waals surface area contributed by atoms with Crippen LogP contribution in [0.5, 0.6) is 5.75 Å². The van der Waals surface area contributed by atoms with Crippen molar-refractivity contribution in [1.82, 2.24) is 4.90 Å². The summed E-state index contributed by atoms with van der Waals surface area (Å²) >= 11 is 0. The molecule has 0 aromatic heterocycles. The highest BCUT2D eigenvalue weighted by atomic mass is 16.6. The summed E-state index contributed by atoms with van der Waals surface area (Å²) in [6.45, 7) is 0.701. The number of piperidine rings is 1. The number of Topliss-reactive ketones (excluding diaryl/α,β-unsaturated/α-hetero) is 1. The molecule has 0 spiro atoms. The number of likely N-dealkylation sites (tertiary alicyclic amines) is 1. The zero-order chi connectivity index (χ0) is 19.3. The number of aryl methyl sites for hydroxylation is 1. The number of nitrogens with zero attached hydrogens (tertiary/aromatic N) is 1. The Morgan fingerprint density at radius 2 is 1.86 bits per heavy atom. The fourth-order valence-electron chi connectivity index (χ4n) is 3.90. The standard InChI is InChI=1S/C23H25NO4/c25-20-15-24(23(26)27-16-17-7-2-1-3-8-17)14-13-22(20)28-21-12-6-10-18-9-4-5-11-19(18)21/h1-3,6-8,10,12,22H,4-5,9,11,13-16H2. The number of ketones is 1. The molecular formula is C23H25NO4. The molecule has 2 aromatic carbocycles. The van der Waals surface area contributed by atoms with Crippen molar-refractivity contribution in [1.29, 1.82) is 0 Å². The monoisotopic (exact) mass is 379 g/mol. The van der Waals surface area contributed by atoms with Crippen LogP contribution >= 0.6 is 0 Å². The minimum atomic E-state index is -0.494. The van der Waals surface area contributed by atoms with E-state index in [2.05, 4.69) is 6.07 Å². The largest absolute Gasteiger partial charge is 0.482 e. The minimum absolute atomic E-state index is 0.0350. The molecule has 2 aliphatic rings. The number of amides is 1. The number of fused-ring (bicyclic) bond motifs is 1. The molecular weight excluding hydrogens is 354 g/mol. The van der Waals surface area contributed by atoms with Gasteiger partial charge in [-0.1, -0.05) is 42.5 Å². The molecule has 2 aromatic rings. The van der Waals surface area contributed by atoms with E-state index in [0.717, 1.165) is 30.6 Å². The third-order valence-electron chi connectivity index (χ3n) is 5.45. The van der Waals surface area contributed by atoms with Gasteiger partial charge < -0.3 is 14.4 Å². The molecule has 1 unspecified atom stereocenters. The Labute approximate surface area is 165 Å². The van der Waals surface area contributed by atoms with E-state index in [0.29, 0.717) is 13.0 Å². The molecule has 5 nitrogen and oxygen atoms in total. The van der Waals surface area contributed by atoms with Crippen molar-refractivity contribution in [2.45, 2.75) is 44.8 Å². The summed E-state index contributed by atoms with van der Waals surface area (Å²) in [5.41, 5.74) is 3.50. The average Bonchev–Trinajstić information content (AvgIpc) is 2.74. The Bertz CT molecular complexity index is 849. The topological polar surface area (TPSA) is 55.8 Å². The van der Waals surface area contributed by atoms with Gasteiger partial charge in [-0.2, -0.15) is 0 Å². The van der Waals surface area contributed by atoms with Gasteiger partial charge in [0.25, 0.3) is 0 Å². The van der Waals surface area contributed by atoms with Crippen LogP contribution in [0.25, 0.3) is 0 Å². The molecule has 5 heteroatoms. The first-order valence-electron chi connectivity index (χ1n) is 9.96. The summed E-state index contributed by atoms with van der Waals surface area (Å²) in [4.78, 5) is 26.3. The van der Waals surface area contributed by atoms with E-state index in [-0.39, 0.29) is 18.9 Å². The molecule has 1 amide bonds. The summed E-state index contributed by atoms with van der Waals surface area (Å²) < 4.78 is 11.4.